The predicted molar refractivity (Wildman–Crippen MR) is 81.8 cm³/mol. The lowest BCUT2D eigenvalue weighted by Gasteiger charge is -2.43. The molecule has 0 aliphatic carbocycles. The number of rotatable bonds is 4. The van der Waals surface area contributed by atoms with Crippen LogP contribution in [0.25, 0.3) is 0 Å². The fourth-order valence-electron chi connectivity index (χ4n) is 3.29. The molecular formula is C14H29N3O2S. The Balaban J connectivity index is 2.20. The van der Waals surface area contributed by atoms with Crippen LogP contribution in [0, 0.1) is 0 Å². The molecule has 0 aromatic carbocycles. The Hall–Kier alpha value is -0.170. The summed E-state index contributed by atoms with van der Waals surface area (Å²) in [6.07, 6.45) is 4.95. The zero-order valence-electron chi connectivity index (χ0n) is 13.0. The number of hydrogen-bond acceptors (Lipinski definition) is 3. The molecule has 2 heterocycles. The van der Waals surface area contributed by atoms with Crippen LogP contribution < -0.4 is 5.32 Å². The van der Waals surface area contributed by atoms with E-state index in [9.17, 15) is 8.42 Å². The summed E-state index contributed by atoms with van der Waals surface area (Å²) >= 11 is 0. The molecule has 2 saturated heterocycles. The van der Waals surface area contributed by atoms with E-state index in [1.807, 2.05) is 6.92 Å². The first-order chi connectivity index (χ1) is 9.50. The van der Waals surface area contributed by atoms with Gasteiger partial charge < -0.3 is 5.32 Å². The Morgan fingerprint density at radius 2 is 1.90 bits per heavy atom. The third-order valence-corrected chi connectivity index (χ3v) is 6.92. The zero-order valence-corrected chi connectivity index (χ0v) is 13.8. The summed E-state index contributed by atoms with van der Waals surface area (Å²) in [5.74, 6) is 0. The van der Waals surface area contributed by atoms with Crippen molar-refractivity contribution in [3.05, 3.63) is 0 Å². The van der Waals surface area contributed by atoms with Gasteiger partial charge in [-0.25, -0.2) is 0 Å². The van der Waals surface area contributed by atoms with Crippen LogP contribution in [-0.2, 0) is 10.2 Å². The second-order valence-electron chi connectivity index (χ2n) is 6.11. The van der Waals surface area contributed by atoms with Crippen molar-refractivity contribution in [1.82, 2.24) is 13.9 Å². The second kappa shape index (κ2) is 6.73. The molecule has 118 valence electrons. The van der Waals surface area contributed by atoms with Crippen molar-refractivity contribution in [2.75, 3.05) is 19.6 Å². The van der Waals surface area contributed by atoms with E-state index < -0.39 is 10.2 Å². The summed E-state index contributed by atoms with van der Waals surface area (Å²) in [5, 5.41) is 3.46. The molecule has 3 unspecified atom stereocenters. The van der Waals surface area contributed by atoms with Crippen molar-refractivity contribution in [2.45, 2.75) is 71.0 Å². The Bertz CT molecular complexity index is 413. The molecule has 1 N–H and O–H groups in total. The third kappa shape index (κ3) is 3.18. The van der Waals surface area contributed by atoms with Crippen molar-refractivity contribution in [2.24, 2.45) is 0 Å². The fraction of sp³-hybridized carbons (Fsp3) is 1.00. The van der Waals surface area contributed by atoms with Gasteiger partial charge in [0.2, 0.25) is 0 Å². The normalized spacial score (nSPS) is 34.2. The highest BCUT2D eigenvalue weighted by Crippen LogP contribution is 2.25. The lowest BCUT2D eigenvalue weighted by Crippen LogP contribution is -2.61. The van der Waals surface area contributed by atoms with Gasteiger partial charge in [0.15, 0.2) is 0 Å². The molecule has 0 aromatic rings. The minimum atomic E-state index is -3.31. The summed E-state index contributed by atoms with van der Waals surface area (Å²) < 4.78 is 29.5. The molecule has 0 saturated carbocycles. The lowest BCUT2D eigenvalue weighted by molar-refractivity contribution is 0.182. The van der Waals surface area contributed by atoms with Crippen molar-refractivity contribution in [3.63, 3.8) is 0 Å². The third-order valence-electron chi connectivity index (χ3n) is 4.75. The number of piperidine rings is 1. The summed E-state index contributed by atoms with van der Waals surface area (Å²) in [6.45, 7) is 8.29. The molecule has 2 rings (SSSR count). The molecule has 5 nitrogen and oxygen atoms in total. The van der Waals surface area contributed by atoms with Crippen molar-refractivity contribution in [1.29, 1.82) is 0 Å². The minimum Gasteiger partial charge on any atom is -0.311 e. The molecule has 0 aromatic heterocycles. The molecule has 3 atom stereocenters. The van der Waals surface area contributed by atoms with E-state index >= 15 is 0 Å². The molecule has 0 radical (unpaired) electrons. The van der Waals surface area contributed by atoms with Crippen molar-refractivity contribution in [3.8, 4) is 0 Å². The van der Waals surface area contributed by atoms with Gasteiger partial charge in [-0.2, -0.15) is 17.0 Å². The van der Waals surface area contributed by atoms with E-state index in [-0.39, 0.29) is 18.1 Å². The molecule has 6 heteroatoms. The van der Waals surface area contributed by atoms with Crippen LogP contribution in [0.2, 0.25) is 0 Å². The van der Waals surface area contributed by atoms with Gasteiger partial charge in [-0.3, -0.25) is 0 Å². The Morgan fingerprint density at radius 1 is 1.15 bits per heavy atom. The van der Waals surface area contributed by atoms with Crippen LogP contribution >= 0.6 is 0 Å². The van der Waals surface area contributed by atoms with E-state index in [1.165, 1.54) is 0 Å². The van der Waals surface area contributed by atoms with Gasteiger partial charge in [-0.15, -0.1) is 0 Å². The van der Waals surface area contributed by atoms with Crippen LogP contribution in [0.5, 0.6) is 0 Å². The standard InChI is InChI=1S/C14H29N3O2S/c1-4-13-11-17(14(5-2)10-15-13)20(18,19)16-9-7-6-8-12(16)3/h12-15H,4-11H2,1-3H3. The molecule has 20 heavy (non-hydrogen) atoms. The average Bonchev–Trinajstić information content (AvgIpc) is 2.46. The van der Waals surface area contributed by atoms with Crippen molar-refractivity contribution >= 4 is 10.2 Å². The molecule has 2 aliphatic heterocycles. The number of nitrogens with zero attached hydrogens (tertiary/aromatic N) is 2. The van der Waals surface area contributed by atoms with Gasteiger partial charge >= 0.3 is 0 Å². The number of piperazine rings is 1. The van der Waals surface area contributed by atoms with Gasteiger partial charge in [0, 0.05) is 37.8 Å². The largest absolute Gasteiger partial charge is 0.311 e. The van der Waals surface area contributed by atoms with Gasteiger partial charge in [0.05, 0.1) is 0 Å². The molecular weight excluding hydrogens is 274 g/mol. The highest BCUT2D eigenvalue weighted by molar-refractivity contribution is 7.86. The van der Waals surface area contributed by atoms with Crippen LogP contribution in [-0.4, -0.2) is 54.8 Å². The quantitative estimate of drug-likeness (QED) is 0.857. The zero-order chi connectivity index (χ0) is 14.8. The first-order valence-corrected chi connectivity index (χ1v) is 9.42. The van der Waals surface area contributed by atoms with Gasteiger partial charge in [0.1, 0.15) is 0 Å². The Morgan fingerprint density at radius 3 is 2.50 bits per heavy atom. The highest BCUT2D eigenvalue weighted by atomic mass is 32.2. The monoisotopic (exact) mass is 303 g/mol. The topological polar surface area (TPSA) is 52.7 Å². The van der Waals surface area contributed by atoms with E-state index in [0.717, 1.165) is 38.6 Å². The summed E-state index contributed by atoms with van der Waals surface area (Å²) in [6, 6.07) is 0.519. The van der Waals surface area contributed by atoms with Crippen LogP contribution in [0.3, 0.4) is 0 Å². The van der Waals surface area contributed by atoms with Crippen LogP contribution in [0.1, 0.15) is 52.9 Å². The van der Waals surface area contributed by atoms with E-state index in [1.54, 1.807) is 8.61 Å². The smallest absolute Gasteiger partial charge is 0.282 e. The maximum atomic E-state index is 13.0. The number of hydrogen-bond donors (Lipinski definition) is 1. The SMILES string of the molecule is CCC1CN(S(=O)(=O)N2CCCCC2C)C(CC)CN1. The van der Waals surface area contributed by atoms with Crippen molar-refractivity contribution < 1.29 is 8.42 Å². The molecule has 2 aliphatic rings. The molecule has 0 amide bonds. The summed E-state index contributed by atoms with van der Waals surface area (Å²) in [7, 11) is -3.31. The molecule has 2 fully saturated rings. The highest BCUT2D eigenvalue weighted by Gasteiger charge is 2.40. The van der Waals surface area contributed by atoms with E-state index in [2.05, 4.69) is 19.2 Å². The van der Waals surface area contributed by atoms with Gasteiger partial charge in [-0.05, 0) is 32.6 Å². The second-order valence-corrected chi connectivity index (χ2v) is 7.94. The first-order valence-electron chi connectivity index (χ1n) is 8.02. The van der Waals surface area contributed by atoms with E-state index in [4.69, 9.17) is 0 Å². The lowest BCUT2D eigenvalue weighted by atomic mass is 10.1. The summed E-state index contributed by atoms with van der Waals surface area (Å²) in [4.78, 5) is 0. The van der Waals surface area contributed by atoms with E-state index in [0.29, 0.717) is 13.1 Å². The maximum Gasteiger partial charge on any atom is 0.282 e. The Labute approximate surface area is 123 Å². The molecule has 0 spiro atoms. The van der Waals surface area contributed by atoms with Crippen LogP contribution in [0.15, 0.2) is 0 Å². The Kier molecular flexibility index (Phi) is 5.45. The minimum absolute atomic E-state index is 0.0944. The first kappa shape index (κ1) is 16.2. The fourth-order valence-corrected chi connectivity index (χ4v) is 5.45. The average molecular weight is 303 g/mol. The predicted octanol–water partition coefficient (Wildman–Crippen LogP) is 1.57. The molecule has 0 bridgehead atoms. The van der Waals surface area contributed by atoms with Gasteiger partial charge in [0.25, 0.3) is 10.2 Å². The van der Waals surface area contributed by atoms with Crippen LogP contribution in [0.4, 0.5) is 0 Å². The van der Waals surface area contributed by atoms with Gasteiger partial charge in [-0.1, -0.05) is 20.3 Å². The summed E-state index contributed by atoms with van der Waals surface area (Å²) in [5.41, 5.74) is 0. The maximum absolute atomic E-state index is 13.0. The number of nitrogens with one attached hydrogen (secondary N) is 1.